The van der Waals surface area contributed by atoms with Crippen molar-refractivity contribution in [2.45, 2.75) is 37.3 Å². The van der Waals surface area contributed by atoms with E-state index in [4.69, 9.17) is 9.47 Å². The van der Waals surface area contributed by atoms with Gasteiger partial charge in [-0.1, -0.05) is 18.2 Å². The molecule has 3 aliphatic rings. The van der Waals surface area contributed by atoms with E-state index in [2.05, 4.69) is 5.32 Å². The van der Waals surface area contributed by atoms with Crippen LogP contribution in [-0.2, 0) is 14.3 Å². The standard InChI is InChI=1S/C19H24N2O4/c1-21-12-13(10-17(21)22)18(23)20-15-11-19(6-8-24-9-7-19)25-16-5-3-2-4-14(15)16/h2-5,13,15H,6-12H2,1H3,(H,20,23). The summed E-state index contributed by atoms with van der Waals surface area (Å²) in [6.45, 7) is 1.87. The van der Waals surface area contributed by atoms with Crippen LogP contribution in [0.4, 0.5) is 0 Å². The lowest BCUT2D eigenvalue weighted by atomic mass is 9.82. The Morgan fingerprint density at radius 1 is 1.28 bits per heavy atom. The average Bonchev–Trinajstić information content (AvgIpc) is 2.95. The van der Waals surface area contributed by atoms with Crippen LogP contribution in [0, 0.1) is 5.92 Å². The van der Waals surface area contributed by atoms with E-state index in [0.29, 0.717) is 26.2 Å². The molecule has 1 N–H and O–H groups in total. The van der Waals surface area contributed by atoms with Gasteiger partial charge >= 0.3 is 0 Å². The van der Waals surface area contributed by atoms with Gasteiger partial charge in [0.2, 0.25) is 11.8 Å². The van der Waals surface area contributed by atoms with Gasteiger partial charge in [0.05, 0.1) is 25.2 Å². The van der Waals surface area contributed by atoms with Gasteiger partial charge in [-0.25, -0.2) is 0 Å². The van der Waals surface area contributed by atoms with E-state index in [-0.39, 0.29) is 29.4 Å². The molecule has 4 rings (SSSR count). The SMILES string of the molecule is CN1CC(C(=O)NC2CC3(CCOCC3)Oc3ccccc32)CC1=O. The van der Waals surface area contributed by atoms with Crippen LogP contribution in [0.5, 0.6) is 5.75 Å². The Balaban J connectivity index is 1.55. The number of benzene rings is 1. The van der Waals surface area contributed by atoms with E-state index in [1.165, 1.54) is 0 Å². The van der Waals surface area contributed by atoms with Crippen molar-refractivity contribution in [1.82, 2.24) is 10.2 Å². The second-order valence-electron chi connectivity index (χ2n) is 7.38. The van der Waals surface area contributed by atoms with Crippen molar-refractivity contribution in [3.8, 4) is 5.75 Å². The molecule has 25 heavy (non-hydrogen) atoms. The van der Waals surface area contributed by atoms with E-state index in [0.717, 1.165) is 30.6 Å². The van der Waals surface area contributed by atoms with Crippen molar-refractivity contribution in [2.75, 3.05) is 26.8 Å². The number of likely N-dealkylation sites (tertiary alicyclic amines) is 1. The molecule has 0 aliphatic carbocycles. The minimum absolute atomic E-state index is 0.0356. The molecule has 0 bridgehead atoms. The first-order valence-electron chi connectivity index (χ1n) is 8.96. The van der Waals surface area contributed by atoms with E-state index in [1.54, 1.807) is 11.9 Å². The molecular formula is C19H24N2O4. The topological polar surface area (TPSA) is 67.9 Å². The summed E-state index contributed by atoms with van der Waals surface area (Å²) < 4.78 is 11.8. The van der Waals surface area contributed by atoms with Crippen LogP contribution in [0.2, 0.25) is 0 Å². The zero-order valence-corrected chi connectivity index (χ0v) is 14.5. The minimum Gasteiger partial charge on any atom is -0.487 e. The first-order chi connectivity index (χ1) is 12.1. The molecule has 6 nitrogen and oxygen atoms in total. The predicted molar refractivity (Wildman–Crippen MR) is 91.1 cm³/mol. The molecule has 3 aliphatic heterocycles. The highest BCUT2D eigenvalue weighted by Crippen LogP contribution is 2.44. The fourth-order valence-electron chi connectivity index (χ4n) is 4.13. The Hall–Kier alpha value is -2.08. The molecule has 0 saturated carbocycles. The normalized spacial score (nSPS) is 27.7. The monoisotopic (exact) mass is 344 g/mol. The number of nitrogens with zero attached hydrogens (tertiary/aromatic N) is 1. The lowest BCUT2D eigenvalue weighted by Crippen LogP contribution is -2.49. The molecule has 134 valence electrons. The van der Waals surface area contributed by atoms with Gasteiger partial charge in [0, 0.05) is 44.8 Å². The van der Waals surface area contributed by atoms with Crippen LogP contribution < -0.4 is 10.1 Å². The third-order valence-electron chi connectivity index (χ3n) is 5.63. The Kier molecular flexibility index (Phi) is 4.15. The van der Waals surface area contributed by atoms with Gasteiger partial charge in [0.15, 0.2) is 0 Å². The van der Waals surface area contributed by atoms with Crippen molar-refractivity contribution in [2.24, 2.45) is 5.92 Å². The van der Waals surface area contributed by atoms with Crippen LogP contribution in [0.1, 0.15) is 37.3 Å². The van der Waals surface area contributed by atoms with Gasteiger partial charge in [-0.15, -0.1) is 0 Å². The lowest BCUT2D eigenvalue weighted by molar-refractivity contribution is -0.129. The number of amides is 2. The van der Waals surface area contributed by atoms with Crippen LogP contribution in [0.25, 0.3) is 0 Å². The second-order valence-corrected chi connectivity index (χ2v) is 7.38. The summed E-state index contributed by atoms with van der Waals surface area (Å²) in [6.07, 6.45) is 2.71. The molecule has 0 radical (unpaired) electrons. The molecule has 1 aromatic carbocycles. The number of rotatable bonds is 2. The number of hydrogen-bond acceptors (Lipinski definition) is 4. The first-order valence-corrected chi connectivity index (χ1v) is 8.96. The summed E-state index contributed by atoms with van der Waals surface area (Å²) in [5.41, 5.74) is 0.748. The van der Waals surface area contributed by atoms with Crippen molar-refractivity contribution in [3.05, 3.63) is 29.8 Å². The minimum atomic E-state index is -0.271. The molecule has 6 heteroatoms. The quantitative estimate of drug-likeness (QED) is 0.886. The van der Waals surface area contributed by atoms with Crippen LogP contribution in [0.15, 0.2) is 24.3 Å². The molecule has 1 aromatic rings. The van der Waals surface area contributed by atoms with Crippen molar-refractivity contribution in [3.63, 3.8) is 0 Å². The molecule has 0 aromatic heterocycles. The van der Waals surface area contributed by atoms with Gasteiger partial charge in [-0.05, 0) is 6.07 Å². The molecular weight excluding hydrogens is 320 g/mol. The number of nitrogens with one attached hydrogen (secondary N) is 1. The summed E-state index contributed by atoms with van der Waals surface area (Å²) in [4.78, 5) is 26.1. The highest BCUT2D eigenvalue weighted by Gasteiger charge is 2.43. The molecule has 2 atom stereocenters. The predicted octanol–water partition coefficient (Wildman–Crippen LogP) is 1.65. The van der Waals surface area contributed by atoms with Gasteiger partial charge in [0.25, 0.3) is 0 Å². The largest absolute Gasteiger partial charge is 0.487 e. The maximum atomic E-state index is 12.7. The van der Waals surface area contributed by atoms with Crippen molar-refractivity contribution in [1.29, 1.82) is 0 Å². The van der Waals surface area contributed by atoms with Crippen LogP contribution in [0.3, 0.4) is 0 Å². The molecule has 3 heterocycles. The average molecular weight is 344 g/mol. The summed E-state index contributed by atoms with van der Waals surface area (Å²) >= 11 is 0. The van der Waals surface area contributed by atoms with Gasteiger partial charge in [-0.3, -0.25) is 9.59 Å². The third-order valence-corrected chi connectivity index (χ3v) is 5.63. The number of ether oxygens (including phenoxy) is 2. The fraction of sp³-hybridized carbons (Fsp3) is 0.579. The lowest BCUT2D eigenvalue weighted by Gasteiger charge is -2.44. The Morgan fingerprint density at radius 2 is 2.04 bits per heavy atom. The van der Waals surface area contributed by atoms with E-state index < -0.39 is 0 Å². The number of fused-ring (bicyclic) bond motifs is 1. The Morgan fingerprint density at radius 3 is 2.76 bits per heavy atom. The maximum Gasteiger partial charge on any atom is 0.225 e. The highest BCUT2D eigenvalue weighted by molar-refractivity contribution is 5.89. The number of hydrogen-bond donors (Lipinski definition) is 1. The fourth-order valence-corrected chi connectivity index (χ4v) is 4.13. The Bertz CT molecular complexity index is 684. The van der Waals surface area contributed by atoms with Gasteiger partial charge in [-0.2, -0.15) is 0 Å². The number of carbonyl (C=O) groups excluding carboxylic acids is 2. The zero-order chi connectivity index (χ0) is 17.4. The second kappa shape index (κ2) is 6.33. The van der Waals surface area contributed by atoms with Crippen LogP contribution >= 0.6 is 0 Å². The van der Waals surface area contributed by atoms with Gasteiger partial charge in [0.1, 0.15) is 11.4 Å². The summed E-state index contributed by atoms with van der Waals surface area (Å²) in [6, 6.07) is 7.82. The van der Waals surface area contributed by atoms with Gasteiger partial charge < -0.3 is 19.7 Å². The molecule has 2 amide bonds. The van der Waals surface area contributed by atoms with Crippen LogP contribution in [-0.4, -0.2) is 49.1 Å². The van der Waals surface area contributed by atoms with Crippen molar-refractivity contribution < 1.29 is 19.1 Å². The molecule has 2 saturated heterocycles. The molecule has 2 unspecified atom stereocenters. The smallest absolute Gasteiger partial charge is 0.225 e. The molecule has 1 spiro atoms. The third kappa shape index (κ3) is 3.11. The molecule has 2 fully saturated rings. The zero-order valence-electron chi connectivity index (χ0n) is 14.5. The number of carbonyl (C=O) groups is 2. The maximum absolute atomic E-state index is 12.7. The highest BCUT2D eigenvalue weighted by atomic mass is 16.5. The van der Waals surface area contributed by atoms with E-state index in [1.807, 2.05) is 24.3 Å². The first kappa shape index (κ1) is 16.4. The summed E-state index contributed by atoms with van der Waals surface area (Å²) in [5.74, 6) is 0.578. The number of para-hydroxylation sites is 1. The summed E-state index contributed by atoms with van der Waals surface area (Å²) in [5, 5.41) is 3.19. The van der Waals surface area contributed by atoms with Crippen molar-refractivity contribution >= 4 is 11.8 Å². The van der Waals surface area contributed by atoms with E-state index in [9.17, 15) is 9.59 Å². The summed E-state index contributed by atoms with van der Waals surface area (Å²) in [7, 11) is 1.75. The van der Waals surface area contributed by atoms with E-state index >= 15 is 0 Å². The Labute approximate surface area is 147 Å².